The van der Waals surface area contributed by atoms with Gasteiger partial charge in [0.15, 0.2) is 5.13 Å². The van der Waals surface area contributed by atoms with Crippen molar-refractivity contribution < 1.29 is 19.1 Å². The van der Waals surface area contributed by atoms with Gasteiger partial charge in [0.2, 0.25) is 5.91 Å². The monoisotopic (exact) mass is 730 g/mol. The Labute approximate surface area is 308 Å². The molecule has 8 nitrogen and oxygen atoms in total. The Hall–Kier alpha value is -5.68. The predicted molar refractivity (Wildman–Crippen MR) is 206 cm³/mol. The van der Waals surface area contributed by atoms with E-state index in [9.17, 15) is 14.4 Å². The summed E-state index contributed by atoms with van der Waals surface area (Å²) >= 11 is 8.72. The van der Waals surface area contributed by atoms with Crippen LogP contribution in [0, 0.1) is 0 Å². The first-order chi connectivity index (χ1) is 24.8. The number of aromatic nitrogens is 1. The van der Waals surface area contributed by atoms with E-state index in [2.05, 4.69) is 20.9 Å². The van der Waals surface area contributed by atoms with Gasteiger partial charge in [-0.05, 0) is 71.8 Å². The second kappa shape index (κ2) is 16.8. The average molecular weight is 731 g/mol. The summed E-state index contributed by atoms with van der Waals surface area (Å²) in [7, 11) is 1.56. The van der Waals surface area contributed by atoms with Gasteiger partial charge in [0.05, 0.1) is 12.8 Å². The number of rotatable bonds is 12. The van der Waals surface area contributed by atoms with Gasteiger partial charge >= 0.3 is 0 Å². The molecule has 6 rings (SSSR count). The van der Waals surface area contributed by atoms with Crippen LogP contribution in [-0.2, 0) is 9.59 Å². The summed E-state index contributed by atoms with van der Waals surface area (Å²) in [5, 5.41) is 11.0. The van der Waals surface area contributed by atoms with Gasteiger partial charge in [-0.25, -0.2) is 4.98 Å². The Morgan fingerprint density at radius 1 is 0.824 bits per heavy atom. The highest BCUT2D eigenvalue weighted by atomic mass is 35.5. The van der Waals surface area contributed by atoms with Crippen LogP contribution in [0.1, 0.15) is 26.7 Å². The summed E-state index contributed by atoms with van der Waals surface area (Å²) in [6, 6.07) is 39.8. The van der Waals surface area contributed by atoms with Crippen LogP contribution < -0.4 is 20.7 Å². The zero-order valence-corrected chi connectivity index (χ0v) is 29.6. The van der Waals surface area contributed by atoms with Gasteiger partial charge in [0, 0.05) is 32.1 Å². The quantitative estimate of drug-likeness (QED) is 0.0856. The fourth-order valence-electron chi connectivity index (χ4n) is 4.98. The van der Waals surface area contributed by atoms with E-state index in [-0.39, 0.29) is 11.6 Å². The molecule has 0 aliphatic heterocycles. The van der Waals surface area contributed by atoms with Gasteiger partial charge in [-0.1, -0.05) is 90.5 Å². The number of carbonyl (C=O) groups is 3. The SMILES string of the molecule is COc1cccc(/C=C(\NC(=O)c2ccccc2)C(=O)Nc2cccc(SC(C(=O)Nc3nc(-c4ccc(Cl)cc4)cs3)c3ccccc3)c2)c1. The maximum atomic E-state index is 13.8. The second-order valence-electron chi connectivity index (χ2n) is 11.1. The molecule has 0 saturated carbocycles. The van der Waals surface area contributed by atoms with Crippen molar-refractivity contribution in [2.24, 2.45) is 0 Å². The van der Waals surface area contributed by atoms with E-state index in [1.165, 1.54) is 23.1 Å². The number of benzene rings is 5. The van der Waals surface area contributed by atoms with Crippen LogP contribution in [0.5, 0.6) is 5.75 Å². The highest BCUT2D eigenvalue weighted by Gasteiger charge is 2.24. The molecule has 51 heavy (non-hydrogen) atoms. The highest BCUT2D eigenvalue weighted by molar-refractivity contribution is 8.00. The van der Waals surface area contributed by atoms with E-state index in [1.807, 2.05) is 60.0 Å². The number of nitrogens with one attached hydrogen (secondary N) is 3. The normalized spacial score (nSPS) is 11.7. The van der Waals surface area contributed by atoms with Crippen molar-refractivity contribution in [3.63, 3.8) is 0 Å². The Morgan fingerprint density at radius 2 is 1.55 bits per heavy atom. The molecule has 11 heteroatoms. The minimum atomic E-state index is -0.631. The summed E-state index contributed by atoms with van der Waals surface area (Å²) in [5.41, 5.74) is 4.02. The van der Waals surface area contributed by atoms with E-state index >= 15 is 0 Å². The number of hydrogen-bond donors (Lipinski definition) is 3. The molecule has 3 amide bonds. The fraction of sp³-hybridized carbons (Fsp3) is 0.0500. The first-order valence-electron chi connectivity index (χ1n) is 15.7. The fourth-order valence-corrected chi connectivity index (χ4v) is 6.91. The molecule has 5 aromatic carbocycles. The van der Waals surface area contributed by atoms with Crippen LogP contribution in [0.25, 0.3) is 17.3 Å². The van der Waals surface area contributed by atoms with Crippen molar-refractivity contribution in [1.82, 2.24) is 10.3 Å². The van der Waals surface area contributed by atoms with Crippen LogP contribution in [0.15, 0.2) is 149 Å². The summed E-state index contributed by atoms with van der Waals surface area (Å²) in [4.78, 5) is 46.0. The molecule has 0 saturated heterocycles. The smallest absolute Gasteiger partial charge is 0.272 e. The van der Waals surface area contributed by atoms with Crippen LogP contribution in [-0.4, -0.2) is 29.8 Å². The van der Waals surface area contributed by atoms with Crippen LogP contribution >= 0.6 is 34.7 Å². The molecule has 6 aromatic rings. The number of hydrogen-bond acceptors (Lipinski definition) is 7. The van der Waals surface area contributed by atoms with Crippen LogP contribution in [0.3, 0.4) is 0 Å². The van der Waals surface area contributed by atoms with Crippen LogP contribution in [0.2, 0.25) is 5.02 Å². The zero-order chi connectivity index (χ0) is 35.6. The van der Waals surface area contributed by atoms with Crippen molar-refractivity contribution >= 4 is 69.3 Å². The molecule has 1 unspecified atom stereocenters. The molecule has 0 spiro atoms. The molecule has 0 fully saturated rings. The number of thioether (sulfide) groups is 1. The number of amides is 3. The van der Waals surface area contributed by atoms with Gasteiger partial charge in [-0.15, -0.1) is 23.1 Å². The van der Waals surface area contributed by atoms with Gasteiger partial charge in [-0.2, -0.15) is 0 Å². The standard InChI is InChI=1S/C40H31ClN4O4S2/c1-49-32-16-8-10-26(22-32)23-34(43-37(46)29-13-6-3-7-14-29)38(47)42-31-15-9-17-33(24-31)51-36(28-11-4-2-5-12-28)39(48)45-40-44-35(25-50-40)27-18-20-30(41)21-19-27/h2-25,36H,1H3,(H,42,47)(H,43,46)(H,44,45,48)/b34-23-. The molecular weight excluding hydrogens is 700 g/mol. The van der Waals surface area contributed by atoms with Crippen molar-refractivity contribution in [2.75, 3.05) is 17.7 Å². The summed E-state index contributed by atoms with van der Waals surface area (Å²) < 4.78 is 5.34. The topological polar surface area (TPSA) is 109 Å². The van der Waals surface area contributed by atoms with Gasteiger partial charge in [0.1, 0.15) is 16.7 Å². The minimum absolute atomic E-state index is 0.0399. The largest absolute Gasteiger partial charge is 0.497 e. The van der Waals surface area contributed by atoms with Gasteiger partial charge < -0.3 is 20.7 Å². The third-order valence-corrected chi connectivity index (χ3v) is 9.75. The Morgan fingerprint density at radius 3 is 2.29 bits per heavy atom. The number of anilines is 2. The van der Waals surface area contributed by atoms with Crippen molar-refractivity contribution in [3.05, 3.63) is 166 Å². The Bertz CT molecular complexity index is 2170. The van der Waals surface area contributed by atoms with E-state index in [1.54, 1.807) is 92.0 Å². The summed E-state index contributed by atoms with van der Waals surface area (Å²) in [6.45, 7) is 0. The van der Waals surface area contributed by atoms with Crippen LogP contribution in [0.4, 0.5) is 10.8 Å². The summed E-state index contributed by atoms with van der Waals surface area (Å²) in [5.74, 6) is -0.593. The third kappa shape index (κ3) is 9.52. The Kier molecular flexibility index (Phi) is 11.6. The maximum Gasteiger partial charge on any atom is 0.272 e. The molecular formula is C40H31ClN4O4S2. The van der Waals surface area contributed by atoms with Crippen molar-refractivity contribution in [3.8, 4) is 17.0 Å². The Balaban J connectivity index is 1.21. The minimum Gasteiger partial charge on any atom is -0.497 e. The number of nitrogens with zero attached hydrogens (tertiary/aromatic N) is 1. The first-order valence-corrected chi connectivity index (χ1v) is 17.9. The number of carbonyl (C=O) groups excluding carboxylic acids is 3. The third-order valence-electron chi connectivity index (χ3n) is 7.49. The lowest BCUT2D eigenvalue weighted by atomic mass is 10.1. The maximum absolute atomic E-state index is 13.8. The molecule has 3 N–H and O–H groups in total. The molecule has 1 atom stereocenters. The average Bonchev–Trinajstić information content (AvgIpc) is 3.63. The molecule has 0 aliphatic rings. The second-order valence-corrected chi connectivity index (χ2v) is 13.6. The van der Waals surface area contributed by atoms with E-state index in [4.69, 9.17) is 16.3 Å². The van der Waals surface area contributed by atoms with E-state index in [0.29, 0.717) is 32.7 Å². The molecule has 254 valence electrons. The summed E-state index contributed by atoms with van der Waals surface area (Å²) in [6.07, 6.45) is 1.59. The van der Waals surface area contributed by atoms with E-state index in [0.717, 1.165) is 21.7 Å². The highest BCUT2D eigenvalue weighted by Crippen LogP contribution is 2.38. The van der Waals surface area contributed by atoms with Gasteiger partial charge in [0.25, 0.3) is 11.8 Å². The number of methoxy groups -OCH3 is 1. The van der Waals surface area contributed by atoms with Gasteiger partial charge in [-0.3, -0.25) is 14.4 Å². The zero-order valence-electron chi connectivity index (χ0n) is 27.2. The molecule has 0 radical (unpaired) electrons. The molecule has 1 heterocycles. The lowest BCUT2D eigenvalue weighted by molar-refractivity contribution is -0.116. The number of halogens is 1. The lowest BCUT2D eigenvalue weighted by Gasteiger charge is -2.17. The lowest BCUT2D eigenvalue weighted by Crippen LogP contribution is -2.30. The first kappa shape index (κ1) is 35.2. The molecule has 0 aliphatic carbocycles. The van der Waals surface area contributed by atoms with Crippen molar-refractivity contribution in [1.29, 1.82) is 0 Å². The number of thiazole rings is 1. The molecule has 0 bridgehead atoms. The predicted octanol–water partition coefficient (Wildman–Crippen LogP) is 9.35. The van der Waals surface area contributed by atoms with Crippen molar-refractivity contribution in [2.45, 2.75) is 10.1 Å². The molecule has 1 aromatic heterocycles. The number of ether oxygens (including phenoxy) is 1. The van der Waals surface area contributed by atoms with E-state index < -0.39 is 17.1 Å².